The normalized spacial score (nSPS) is 34.5. The molecule has 150 valence electrons. The standard InChI is InChI=1S/C23H31N3O2/c1-26(17-7-3-2-4-8-17)22(28)19-13-16-12-11-15(19)14-23(16)24-20-10-6-5-9-18(20)21(27)25-23/h5-6,9-10,15-17,19,24H,2-4,7-8,11-14H2,1H3,(H,25,27)/t15-,16+,19-,23+/m0/s1. The maximum absolute atomic E-state index is 13.3. The van der Waals surface area contributed by atoms with Gasteiger partial charge in [0.2, 0.25) is 5.91 Å². The number of hydrogen-bond acceptors (Lipinski definition) is 3. The minimum absolute atomic E-state index is 0.0177. The van der Waals surface area contributed by atoms with Crippen LogP contribution >= 0.6 is 0 Å². The third kappa shape index (κ3) is 2.82. The van der Waals surface area contributed by atoms with E-state index in [1.165, 1.54) is 19.3 Å². The number of carbonyl (C=O) groups is 2. The second kappa shape index (κ2) is 6.78. The predicted octanol–water partition coefficient (Wildman–Crippen LogP) is 3.77. The molecule has 4 fully saturated rings. The summed E-state index contributed by atoms with van der Waals surface area (Å²) in [5.41, 5.74) is 1.27. The van der Waals surface area contributed by atoms with Gasteiger partial charge in [0.05, 0.1) is 5.56 Å². The van der Waals surface area contributed by atoms with Gasteiger partial charge in [-0.3, -0.25) is 9.59 Å². The summed E-state index contributed by atoms with van der Waals surface area (Å²) in [6.45, 7) is 0. The summed E-state index contributed by atoms with van der Waals surface area (Å²) >= 11 is 0. The van der Waals surface area contributed by atoms with Gasteiger partial charge >= 0.3 is 0 Å². The number of para-hydroxylation sites is 1. The van der Waals surface area contributed by atoms with Crippen LogP contribution < -0.4 is 10.6 Å². The summed E-state index contributed by atoms with van der Waals surface area (Å²) in [6.07, 6.45) is 10.0. The zero-order valence-electron chi connectivity index (χ0n) is 16.7. The monoisotopic (exact) mass is 381 g/mol. The van der Waals surface area contributed by atoms with E-state index in [-0.39, 0.29) is 17.5 Å². The molecule has 2 amide bonds. The lowest BCUT2D eigenvalue weighted by molar-refractivity contribution is -0.144. The van der Waals surface area contributed by atoms with Crippen LogP contribution in [0, 0.1) is 17.8 Å². The van der Waals surface area contributed by atoms with Crippen LogP contribution in [0.15, 0.2) is 24.3 Å². The molecule has 0 radical (unpaired) electrons. The first-order chi connectivity index (χ1) is 13.6. The van der Waals surface area contributed by atoms with Gasteiger partial charge in [0, 0.05) is 30.6 Å². The van der Waals surface area contributed by atoms with E-state index in [0.717, 1.165) is 49.8 Å². The number of nitrogens with zero attached hydrogens (tertiary/aromatic N) is 1. The quantitative estimate of drug-likeness (QED) is 0.820. The predicted molar refractivity (Wildman–Crippen MR) is 109 cm³/mol. The van der Waals surface area contributed by atoms with E-state index in [0.29, 0.717) is 23.8 Å². The molecule has 4 aliphatic carbocycles. The van der Waals surface area contributed by atoms with Crippen LogP contribution in [-0.4, -0.2) is 35.5 Å². The highest BCUT2D eigenvalue weighted by Gasteiger charge is 2.55. The lowest BCUT2D eigenvalue weighted by atomic mass is 9.58. The molecule has 5 aliphatic rings. The van der Waals surface area contributed by atoms with E-state index in [4.69, 9.17) is 0 Å². The van der Waals surface area contributed by atoms with Crippen molar-refractivity contribution in [3.63, 3.8) is 0 Å². The molecule has 2 bridgehead atoms. The third-order valence-corrected chi connectivity index (χ3v) is 7.93. The Labute approximate surface area is 167 Å². The fourth-order valence-electron chi connectivity index (χ4n) is 6.36. The van der Waals surface area contributed by atoms with Crippen LogP contribution in [0.2, 0.25) is 0 Å². The Morgan fingerprint density at radius 2 is 1.86 bits per heavy atom. The Morgan fingerprint density at radius 1 is 1.07 bits per heavy atom. The Hall–Kier alpha value is -2.04. The zero-order chi connectivity index (χ0) is 19.3. The molecule has 2 N–H and O–H groups in total. The van der Waals surface area contributed by atoms with Crippen LogP contribution in [0.4, 0.5) is 5.69 Å². The Morgan fingerprint density at radius 3 is 2.61 bits per heavy atom. The van der Waals surface area contributed by atoms with E-state index >= 15 is 0 Å². The molecule has 0 unspecified atom stereocenters. The fourth-order valence-corrected chi connectivity index (χ4v) is 6.36. The number of amides is 2. The van der Waals surface area contributed by atoms with Gasteiger partial charge in [-0.25, -0.2) is 0 Å². The van der Waals surface area contributed by atoms with Crippen molar-refractivity contribution in [2.24, 2.45) is 17.8 Å². The summed E-state index contributed by atoms with van der Waals surface area (Å²) in [6, 6.07) is 8.18. The first kappa shape index (κ1) is 18.0. The molecule has 28 heavy (non-hydrogen) atoms. The molecule has 5 nitrogen and oxygen atoms in total. The SMILES string of the molecule is CN(C(=O)[C@H]1C[C@H]2CC[C@H]1C[C@@]21NC(=O)c2ccccc2N1)C1CCCCC1. The molecule has 0 aromatic heterocycles. The van der Waals surface area contributed by atoms with E-state index in [9.17, 15) is 9.59 Å². The van der Waals surface area contributed by atoms with Gasteiger partial charge in [0.15, 0.2) is 0 Å². The lowest BCUT2D eigenvalue weighted by Crippen LogP contribution is -2.68. The second-order valence-electron chi connectivity index (χ2n) is 9.42. The Balaban J connectivity index is 1.34. The number of fused-ring (bicyclic) bond motifs is 3. The highest BCUT2D eigenvalue weighted by Crippen LogP contribution is 2.52. The molecule has 4 saturated carbocycles. The van der Waals surface area contributed by atoms with Gasteiger partial charge in [0.25, 0.3) is 5.91 Å². The second-order valence-corrected chi connectivity index (χ2v) is 9.42. The van der Waals surface area contributed by atoms with Crippen molar-refractivity contribution in [2.45, 2.75) is 69.5 Å². The molecule has 1 aromatic carbocycles. The van der Waals surface area contributed by atoms with Crippen molar-refractivity contribution in [2.75, 3.05) is 12.4 Å². The molecule has 6 rings (SSSR count). The highest BCUT2D eigenvalue weighted by atomic mass is 16.2. The average Bonchev–Trinajstić information content (AvgIpc) is 2.73. The van der Waals surface area contributed by atoms with Crippen LogP contribution in [0.25, 0.3) is 0 Å². The van der Waals surface area contributed by atoms with Crippen LogP contribution in [0.3, 0.4) is 0 Å². The average molecular weight is 382 g/mol. The first-order valence-corrected chi connectivity index (χ1v) is 11.0. The lowest BCUT2D eigenvalue weighted by Gasteiger charge is -2.57. The maximum Gasteiger partial charge on any atom is 0.255 e. The number of carbonyl (C=O) groups excluding carboxylic acids is 2. The van der Waals surface area contributed by atoms with Gasteiger partial charge in [-0.2, -0.15) is 0 Å². The summed E-state index contributed by atoms with van der Waals surface area (Å²) in [5.74, 6) is 1.14. The van der Waals surface area contributed by atoms with Crippen molar-refractivity contribution in [1.82, 2.24) is 10.2 Å². The fraction of sp³-hybridized carbons (Fsp3) is 0.652. The van der Waals surface area contributed by atoms with Gasteiger partial charge in [-0.1, -0.05) is 31.4 Å². The Bertz CT molecular complexity index is 788. The molecule has 1 heterocycles. The van der Waals surface area contributed by atoms with E-state index in [1.54, 1.807) is 0 Å². The van der Waals surface area contributed by atoms with Gasteiger partial charge in [-0.05, 0) is 56.6 Å². The highest BCUT2D eigenvalue weighted by molar-refractivity contribution is 6.02. The third-order valence-electron chi connectivity index (χ3n) is 7.93. The number of hydrogen-bond donors (Lipinski definition) is 2. The number of benzene rings is 1. The van der Waals surface area contributed by atoms with Crippen LogP contribution in [-0.2, 0) is 4.79 Å². The maximum atomic E-state index is 13.3. The molecule has 1 aliphatic heterocycles. The van der Waals surface area contributed by atoms with Gasteiger partial charge in [0.1, 0.15) is 5.66 Å². The summed E-state index contributed by atoms with van der Waals surface area (Å²) in [5, 5.41) is 6.97. The largest absolute Gasteiger partial charge is 0.362 e. The molecule has 5 heteroatoms. The van der Waals surface area contributed by atoms with Crippen molar-refractivity contribution in [1.29, 1.82) is 0 Å². The summed E-state index contributed by atoms with van der Waals surface area (Å²) < 4.78 is 0. The minimum atomic E-state index is -0.380. The van der Waals surface area contributed by atoms with Gasteiger partial charge in [-0.15, -0.1) is 0 Å². The Kier molecular flexibility index (Phi) is 4.37. The van der Waals surface area contributed by atoms with Crippen molar-refractivity contribution in [3.8, 4) is 0 Å². The smallest absolute Gasteiger partial charge is 0.255 e. The van der Waals surface area contributed by atoms with Crippen LogP contribution in [0.1, 0.15) is 68.1 Å². The van der Waals surface area contributed by atoms with Crippen molar-refractivity contribution >= 4 is 17.5 Å². The molecular formula is C23H31N3O2. The van der Waals surface area contributed by atoms with Crippen LogP contribution in [0.5, 0.6) is 0 Å². The molecule has 4 atom stereocenters. The summed E-state index contributed by atoms with van der Waals surface area (Å²) in [7, 11) is 2.02. The molecule has 0 saturated heterocycles. The van der Waals surface area contributed by atoms with E-state index in [2.05, 4.69) is 15.5 Å². The molecule has 1 aromatic rings. The van der Waals surface area contributed by atoms with Crippen molar-refractivity contribution in [3.05, 3.63) is 29.8 Å². The molecule has 1 spiro atoms. The van der Waals surface area contributed by atoms with E-state index < -0.39 is 0 Å². The minimum Gasteiger partial charge on any atom is -0.362 e. The number of anilines is 1. The topological polar surface area (TPSA) is 61.4 Å². The summed E-state index contributed by atoms with van der Waals surface area (Å²) in [4.78, 5) is 28.1. The number of rotatable bonds is 2. The van der Waals surface area contributed by atoms with Gasteiger partial charge < -0.3 is 15.5 Å². The molecular weight excluding hydrogens is 350 g/mol. The zero-order valence-corrected chi connectivity index (χ0v) is 16.7. The van der Waals surface area contributed by atoms with E-state index in [1.807, 2.05) is 31.3 Å². The first-order valence-electron chi connectivity index (χ1n) is 11.0. The number of nitrogens with one attached hydrogen (secondary N) is 2. The van der Waals surface area contributed by atoms with Crippen molar-refractivity contribution < 1.29 is 9.59 Å².